The number of carbonyl (C=O) groups excluding carboxylic acids is 1. The third-order valence-electron chi connectivity index (χ3n) is 7.10. The van der Waals surface area contributed by atoms with E-state index >= 15 is 0 Å². The minimum absolute atomic E-state index is 0.0623. The lowest BCUT2D eigenvalue weighted by Gasteiger charge is -2.42. The minimum Gasteiger partial charge on any atom is -0.283 e. The number of hydrogen-bond donors (Lipinski definition) is 1. The van der Waals surface area contributed by atoms with Crippen LogP contribution in [-0.2, 0) is 0 Å². The van der Waals surface area contributed by atoms with Crippen molar-refractivity contribution in [3.05, 3.63) is 34.9 Å². The molecule has 4 rings (SSSR count). The van der Waals surface area contributed by atoms with E-state index in [-0.39, 0.29) is 16.7 Å². The van der Waals surface area contributed by atoms with Gasteiger partial charge in [-0.05, 0) is 42.7 Å². The highest BCUT2D eigenvalue weighted by molar-refractivity contribution is 6.33. The lowest BCUT2D eigenvalue weighted by molar-refractivity contribution is 0.0240. The molecule has 1 aromatic rings. The molecule has 23 heavy (non-hydrogen) atoms. The predicted octanol–water partition coefficient (Wildman–Crippen LogP) is 3.39. The second-order valence-corrected chi connectivity index (χ2v) is 8.08. The largest absolute Gasteiger partial charge is 0.283 e. The van der Waals surface area contributed by atoms with Gasteiger partial charge in [0.05, 0.1) is 16.7 Å². The molecule has 0 spiro atoms. The number of amides is 1. The Labute approximate surface area is 141 Å². The predicted molar refractivity (Wildman–Crippen MR) is 87.5 cm³/mol. The summed E-state index contributed by atoms with van der Waals surface area (Å²) in [6, 6.07) is 9.57. The number of halogens is 1. The SMILES string of the molecule is C[C@@]12CC[C@@H]3C[C@@]1(C#N)N(NC(=O)c1ccccc1Cl)C[C@@]32C. The minimum atomic E-state index is -0.596. The van der Waals surface area contributed by atoms with Crippen LogP contribution in [0.3, 0.4) is 0 Å². The quantitative estimate of drug-likeness (QED) is 0.904. The van der Waals surface area contributed by atoms with Gasteiger partial charge in [0.15, 0.2) is 0 Å². The van der Waals surface area contributed by atoms with Crippen LogP contribution in [0.2, 0.25) is 5.02 Å². The van der Waals surface area contributed by atoms with Gasteiger partial charge in [-0.3, -0.25) is 10.2 Å². The third kappa shape index (κ3) is 1.57. The highest BCUT2D eigenvalue weighted by Crippen LogP contribution is 2.75. The van der Waals surface area contributed by atoms with Crippen LogP contribution in [0.25, 0.3) is 0 Å². The van der Waals surface area contributed by atoms with Crippen molar-refractivity contribution >= 4 is 17.5 Å². The molecule has 120 valence electrons. The lowest BCUT2D eigenvalue weighted by atomic mass is 9.66. The molecule has 0 radical (unpaired) electrons. The molecule has 2 aliphatic carbocycles. The van der Waals surface area contributed by atoms with Gasteiger partial charge >= 0.3 is 0 Å². The van der Waals surface area contributed by atoms with Gasteiger partial charge in [-0.1, -0.05) is 37.6 Å². The van der Waals surface area contributed by atoms with Gasteiger partial charge in [-0.15, -0.1) is 0 Å². The van der Waals surface area contributed by atoms with Crippen molar-refractivity contribution < 1.29 is 4.79 Å². The van der Waals surface area contributed by atoms with E-state index in [1.54, 1.807) is 24.3 Å². The monoisotopic (exact) mass is 329 g/mol. The summed E-state index contributed by atoms with van der Waals surface area (Å²) in [7, 11) is 0. The molecule has 5 heteroatoms. The summed E-state index contributed by atoms with van der Waals surface area (Å²) in [4.78, 5) is 12.6. The molecule has 1 aliphatic heterocycles. The Hall–Kier alpha value is -1.57. The van der Waals surface area contributed by atoms with Gasteiger partial charge in [0, 0.05) is 12.0 Å². The second-order valence-electron chi connectivity index (χ2n) is 7.67. The first-order valence-electron chi connectivity index (χ1n) is 8.12. The normalized spacial score (nSPS) is 41.0. The van der Waals surface area contributed by atoms with Crippen LogP contribution in [0, 0.1) is 28.1 Å². The molecule has 1 saturated heterocycles. The zero-order valence-corrected chi connectivity index (χ0v) is 14.2. The van der Waals surface area contributed by atoms with Crippen molar-refractivity contribution in [2.24, 2.45) is 16.7 Å². The Balaban J connectivity index is 1.66. The summed E-state index contributed by atoms with van der Waals surface area (Å²) >= 11 is 6.13. The van der Waals surface area contributed by atoms with Crippen LogP contribution in [0.1, 0.15) is 43.5 Å². The van der Waals surface area contributed by atoms with Gasteiger partial charge in [0.2, 0.25) is 0 Å². The highest BCUT2D eigenvalue weighted by atomic mass is 35.5. The van der Waals surface area contributed by atoms with E-state index in [1.165, 1.54) is 6.42 Å². The van der Waals surface area contributed by atoms with Crippen LogP contribution in [-0.4, -0.2) is 23.0 Å². The Morgan fingerprint density at radius 2 is 2.17 bits per heavy atom. The van der Waals surface area contributed by atoms with Crippen molar-refractivity contribution in [1.82, 2.24) is 10.4 Å². The fourth-order valence-corrected chi connectivity index (χ4v) is 5.70. The smallest absolute Gasteiger partial charge is 0.267 e. The molecule has 2 saturated carbocycles. The molecule has 4 bridgehead atoms. The number of carbonyl (C=O) groups is 1. The molecular formula is C18H20ClN3O. The standard InChI is InChI=1S/C18H20ClN3O/c1-16-11-22(21-15(23)13-5-3-4-6-14(13)19)18(10-20)9-12(16)7-8-17(16,18)2/h3-6,12H,7-9,11H2,1-2H3,(H,21,23)/t12-,16+,17+,18+/m1/s1. The summed E-state index contributed by atoms with van der Waals surface area (Å²) in [5, 5.41) is 12.3. The summed E-state index contributed by atoms with van der Waals surface area (Å²) < 4.78 is 0. The fourth-order valence-electron chi connectivity index (χ4n) is 5.47. The number of hydrogen-bond acceptors (Lipinski definition) is 3. The first-order chi connectivity index (χ1) is 10.9. The van der Waals surface area contributed by atoms with E-state index < -0.39 is 5.54 Å². The van der Waals surface area contributed by atoms with E-state index in [0.717, 1.165) is 19.4 Å². The number of nitrogens with zero attached hydrogens (tertiary/aromatic N) is 2. The first kappa shape index (κ1) is 15.0. The van der Waals surface area contributed by atoms with Crippen LogP contribution < -0.4 is 5.43 Å². The zero-order valence-electron chi connectivity index (χ0n) is 13.4. The number of hydrazine groups is 1. The van der Waals surface area contributed by atoms with Crippen molar-refractivity contribution in [2.45, 2.75) is 38.6 Å². The molecule has 4 atom stereocenters. The maximum Gasteiger partial charge on any atom is 0.267 e. The maximum absolute atomic E-state index is 12.6. The zero-order chi connectivity index (χ0) is 16.5. The Bertz CT molecular complexity index is 744. The van der Waals surface area contributed by atoms with E-state index in [1.807, 2.05) is 5.01 Å². The number of nitrogens with one attached hydrogen (secondary N) is 1. The highest BCUT2D eigenvalue weighted by Gasteiger charge is 2.78. The van der Waals surface area contributed by atoms with Crippen LogP contribution in [0.5, 0.6) is 0 Å². The lowest BCUT2D eigenvalue weighted by Crippen LogP contribution is -2.59. The molecular weight excluding hydrogens is 310 g/mol. The maximum atomic E-state index is 12.6. The van der Waals surface area contributed by atoms with Gasteiger partial charge in [0.25, 0.3) is 5.91 Å². The van der Waals surface area contributed by atoms with E-state index in [2.05, 4.69) is 25.3 Å². The third-order valence-corrected chi connectivity index (χ3v) is 7.43. The van der Waals surface area contributed by atoms with E-state index in [4.69, 9.17) is 11.6 Å². The molecule has 3 aliphatic rings. The van der Waals surface area contributed by atoms with Gasteiger partial charge in [-0.2, -0.15) is 10.3 Å². The fraction of sp³-hybridized carbons (Fsp3) is 0.556. The topological polar surface area (TPSA) is 56.1 Å². The summed E-state index contributed by atoms with van der Waals surface area (Å²) in [6.45, 7) is 5.24. The second kappa shape index (κ2) is 4.49. The van der Waals surface area contributed by atoms with Crippen LogP contribution >= 0.6 is 11.6 Å². The number of benzene rings is 1. The Morgan fingerprint density at radius 3 is 2.83 bits per heavy atom. The average molecular weight is 330 g/mol. The molecule has 1 heterocycles. The van der Waals surface area contributed by atoms with Gasteiger partial charge in [-0.25, -0.2) is 0 Å². The summed E-state index contributed by atoms with van der Waals surface area (Å²) in [6.07, 6.45) is 3.10. The summed E-state index contributed by atoms with van der Waals surface area (Å²) in [5.74, 6) is 0.349. The van der Waals surface area contributed by atoms with Crippen LogP contribution in [0.4, 0.5) is 0 Å². The van der Waals surface area contributed by atoms with Gasteiger partial charge in [0.1, 0.15) is 5.54 Å². The molecule has 1 aromatic carbocycles. The Morgan fingerprint density at radius 1 is 1.43 bits per heavy atom. The molecule has 4 nitrogen and oxygen atoms in total. The number of piperidine rings is 1. The molecule has 0 unspecified atom stereocenters. The summed E-state index contributed by atoms with van der Waals surface area (Å²) in [5.41, 5.74) is 2.87. The van der Waals surface area contributed by atoms with Crippen molar-refractivity contribution in [3.63, 3.8) is 0 Å². The number of rotatable bonds is 2. The van der Waals surface area contributed by atoms with Crippen molar-refractivity contribution in [3.8, 4) is 6.07 Å². The van der Waals surface area contributed by atoms with Gasteiger partial charge < -0.3 is 0 Å². The first-order valence-corrected chi connectivity index (χ1v) is 8.50. The number of nitriles is 1. The van der Waals surface area contributed by atoms with Crippen molar-refractivity contribution in [1.29, 1.82) is 5.26 Å². The molecule has 1 N–H and O–H groups in total. The van der Waals surface area contributed by atoms with Crippen molar-refractivity contribution in [2.75, 3.05) is 6.54 Å². The average Bonchev–Trinajstić information content (AvgIpc) is 2.96. The van der Waals surface area contributed by atoms with E-state index in [0.29, 0.717) is 16.5 Å². The Kier molecular flexibility index (Phi) is 2.93. The van der Waals surface area contributed by atoms with E-state index in [9.17, 15) is 10.1 Å². The molecule has 3 fully saturated rings. The van der Waals surface area contributed by atoms with Crippen LogP contribution in [0.15, 0.2) is 24.3 Å². The molecule has 0 aromatic heterocycles. The molecule has 1 amide bonds.